The quantitative estimate of drug-likeness (QED) is 0.870. The highest BCUT2D eigenvalue weighted by Gasteiger charge is 2.34. The van der Waals surface area contributed by atoms with E-state index in [-0.39, 0.29) is 12.5 Å². The summed E-state index contributed by atoms with van der Waals surface area (Å²) in [5.41, 5.74) is 1.11. The third-order valence-electron chi connectivity index (χ3n) is 4.50. The Kier molecular flexibility index (Phi) is 4.94. The summed E-state index contributed by atoms with van der Waals surface area (Å²) in [5, 5.41) is 13.8. The normalized spacial score (nSPS) is 20.4. The van der Waals surface area contributed by atoms with Crippen molar-refractivity contribution in [2.45, 2.75) is 32.3 Å². The molecule has 2 aromatic rings. The molecule has 0 bridgehead atoms. The molecule has 0 saturated carbocycles. The number of aromatic nitrogens is 3. The van der Waals surface area contributed by atoms with Gasteiger partial charge in [-0.1, -0.05) is 0 Å². The number of hydrogen-bond acceptors (Lipinski definition) is 6. The van der Waals surface area contributed by atoms with E-state index in [2.05, 4.69) is 20.3 Å². The largest absolute Gasteiger partial charge is 0.386 e. The second-order valence-corrected chi connectivity index (χ2v) is 6.59. The van der Waals surface area contributed by atoms with E-state index < -0.39 is 5.60 Å². The maximum Gasteiger partial charge on any atom is 0.253 e. The standard InChI is InChI=1S/C18H23N5O2/c1-13-9-16(22-12-21-13)23-8-4-6-18(25,11-23)10-20-17(24)15-5-3-7-19-14(15)2/h3,5,7,9,12,25H,4,6,8,10-11H2,1-2H3,(H,20,24). The van der Waals surface area contributed by atoms with E-state index in [0.29, 0.717) is 24.2 Å². The number of piperidine rings is 1. The van der Waals surface area contributed by atoms with Crippen molar-refractivity contribution < 1.29 is 9.90 Å². The minimum absolute atomic E-state index is 0.195. The van der Waals surface area contributed by atoms with Crippen molar-refractivity contribution in [1.82, 2.24) is 20.3 Å². The van der Waals surface area contributed by atoms with Crippen molar-refractivity contribution in [3.8, 4) is 0 Å². The molecule has 0 radical (unpaired) electrons. The lowest BCUT2D eigenvalue weighted by atomic mass is 9.92. The van der Waals surface area contributed by atoms with E-state index in [1.54, 1.807) is 25.3 Å². The Morgan fingerprint density at radius 2 is 2.20 bits per heavy atom. The summed E-state index contributed by atoms with van der Waals surface area (Å²) in [4.78, 5) is 26.9. The molecule has 3 rings (SSSR count). The molecule has 7 heteroatoms. The molecule has 3 heterocycles. The monoisotopic (exact) mass is 341 g/mol. The molecule has 0 aliphatic carbocycles. The van der Waals surface area contributed by atoms with Gasteiger partial charge in [0, 0.05) is 43.3 Å². The minimum Gasteiger partial charge on any atom is -0.386 e. The number of carbonyl (C=O) groups is 1. The maximum absolute atomic E-state index is 12.4. The molecule has 132 valence electrons. The van der Waals surface area contributed by atoms with Gasteiger partial charge in [0.15, 0.2) is 0 Å². The van der Waals surface area contributed by atoms with Crippen molar-refractivity contribution >= 4 is 11.7 Å². The number of aryl methyl sites for hydroxylation is 2. The summed E-state index contributed by atoms with van der Waals surface area (Å²) in [6.07, 6.45) is 4.66. The van der Waals surface area contributed by atoms with E-state index in [1.807, 2.05) is 17.9 Å². The van der Waals surface area contributed by atoms with Crippen molar-refractivity contribution in [3.05, 3.63) is 47.7 Å². The molecule has 1 aliphatic rings. The average molecular weight is 341 g/mol. The van der Waals surface area contributed by atoms with Crippen LogP contribution in [0.2, 0.25) is 0 Å². The molecule has 0 spiro atoms. The Morgan fingerprint density at radius 1 is 1.36 bits per heavy atom. The van der Waals surface area contributed by atoms with E-state index in [9.17, 15) is 9.90 Å². The molecule has 2 N–H and O–H groups in total. The second kappa shape index (κ2) is 7.14. The number of hydrogen-bond donors (Lipinski definition) is 2. The number of pyridine rings is 1. The molecule has 1 unspecified atom stereocenters. The summed E-state index contributed by atoms with van der Waals surface area (Å²) in [5.74, 6) is 0.592. The summed E-state index contributed by atoms with van der Waals surface area (Å²) in [6.45, 7) is 5.16. The summed E-state index contributed by atoms with van der Waals surface area (Å²) in [6, 6.07) is 5.37. The van der Waals surface area contributed by atoms with Gasteiger partial charge in [0.25, 0.3) is 5.91 Å². The first kappa shape index (κ1) is 17.3. The number of carbonyl (C=O) groups excluding carboxylic acids is 1. The number of rotatable bonds is 4. The zero-order valence-corrected chi connectivity index (χ0v) is 14.6. The number of β-amino-alcohol motifs (C(OH)–C–C–N with tert-alkyl or cyclic N) is 1. The molecule has 1 atom stereocenters. The third kappa shape index (κ3) is 4.11. The van der Waals surface area contributed by atoms with Gasteiger partial charge in [-0.25, -0.2) is 9.97 Å². The number of nitrogens with one attached hydrogen (secondary N) is 1. The fourth-order valence-corrected chi connectivity index (χ4v) is 3.13. The molecular formula is C18H23N5O2. The van der Waals surface area contributed by atoms with E-state index in [4.69, 9.17) is 0 Å². The highest BCUT2D eigenvalue weighted by Crippen LogP contribution is 2.24. The van der Waals surface area contributed by atoms with Crippen molar-refractivity contribution in [1.29, 1.82) is 0 Å². The van der Waals surface area contributed by atoms with Crippen molar-refractivity contribution in [2.24, 2.45) is 0 Å². The van der Waals surface area contributed by atoms with Gasteiger partial charge in [-0.05, 0) is 38.8 Å². The van der Waals surface area contributed by atoms with Crippen LogP contribution in [0.3, 0.4) is 0 Å². The first-order chi connectivity index (χ1) is 12.0. The molecular weight excluding hydrogens is 318 g/mol. The summed E-state index contributed by atoms with van der Waals surface area (Å²) >= 11 is 0. The lowest BCUT2D eigenvalue weighted by Gasteiger charge is -2.39. The number of anilines is 1. The van der Waals surface area contributed by atoms with Crippen molar-refractivity contribution in [3.63, 3.8) is 0 Å². The van der Waals surface area contributed by atoms with E-state index in [1.165, 1.54) is 6.33 Å². The van der Waals surface area contributed by atoms with Crippen LogP contribution in [0.1, 0.15) is 34.6 Å². The highest BCUT2D eigenvalue weighted by atomic mass is 16.3. The van der Waals surface area contributed by atoms with Crippen LogP contribution in [0, 0.1) is 13.8 Å². The van der Waals surface area contributed by atoms with Gasteiger partial charge >= 0.3 is 0 Å². The minimum atomic E-state index is -0.983. The predicted molar refractivity (Wildman–Crippen MR) is 94.5 cm³/mol. The SMILES string of the molecule is Cc1cc(N2CCCC(O)(CNC(=O)c3cccnc3C)C2)ncn1. The molecule has 2 aromatic heterocycles. The summed E-state index contributed by atoms with van der Waals surface area (Å²) < 4.78 is 0. The number of amides is 1. The zero-order chi connectivity index (χ0) is 17.9. The molecule has 7 nitrogen and oxygen atoms in total. The molecule has 1 saturated heterocycles. The third-order valence-corrected chi connectivity index (χ3v) is 4.50. The van der Waals surface area contributed by atoms with Crippen molar-refractivity contribution in [2.75, 3.05) is 24.5 Å². The molecule has 1 amide bonds. The van der Waals surface area contributed by atoms with Crippen LogP contribution in [-0.2, 0) is 0 Å². The maximum atomic E-state index is 12.4. The van der Waals surface area contributed by atoms with Gasteiger partial charge in [0.2, 0.25) is 0 Å². The molecule has 1 fully saturated rings. The number of nitrogens with zero attached hydrogens (tertiary/aromatic N) is 4. The van der Waals surface area contributed by atoms with Crippen LogP contribution >= 0.6 is 0 Å². The van der Waals surface area contributed by atoms with Gasteiger partial charge in [-0.2, -0.15) is 0 Å². The molecule has 25 heavy (non-hydrogen) atoms. The van der Waals surface area contributed by atoms with Crippen LogP contribution in [0.5, 0.6) is 0 Å². The van der Waals surface area contributed by atoms with E-state index in [0.717, 1.165) is 24.5 Å². The smallest absolute Gasteiger partial charge is 0.253 e. The summed E-state index contributed by atoms with van der Waals surface area (Å²) in [7, 11) is 0. The molecule has 0 aromatic carbocycles. The average Bonchev–Trinajstić information content (AvgIpc) is 2.60. The Balaban J connectivity index is 1.65. The van der Waals surface area contributed by atoms with Gasteiger partial charge in [0.05, 0.1) is 11.2 Å². The Bertz CT molecular complexity index is 767. The predicted octanol–water partition coefficient (Wildman–Crippen LogP) is 1.25. The molecule has 1 aliphatic heterocycles. The highest BCUT2D eigenvalue weighted by molar-refractivity contribution is 5.95. The Hall–Kier alpha value is -2.54. The van der Waals surface area contributed by atoms with Gasteiger partial charge in [-0.3, -0.25) is 9.78 Å². The topological polar surface area (TPSA) is 91.2 Å². The van der Waals surface area contributed by atoms with Crippen LogP contribution in [0.4, 0.5) is 5.82 Å². The lowest BCUT2D eigenvalue weighted by Crippen LogP contribution is -2.54. The Morgan fingerprint density at radius 3 is 2.96 bits per heavy atom. The van der Waals surface area contributed by atoms with Crippen LogP contribution in [0.25, 0.3) is 0 Å². The Labute approximate surface area is 147 Å². The van der Waals surface area contributed by atoms with E-state index >= 15 is 0 Å². The van der Waals surface area contributed by atoms with Crippen LogP contribution in [0.15, 0.2) is 30.7 Å². The fraction of sp³-hybridized carbons (Fsp3) is 0.444. The fourth-order valence-electron chi connectivity index (χ4n) is 3.13. The first-order valence-corrected chi connectivity index (χ1v) is 8.43. The number of aliphatic hydroxyl groups is 1. The van der Waals surface area contributed by atoms with Crippen LogP contribution < -0.4 is 10.2 Å². The first-order valence-electron chi connectivity index (χ1n) is 8.43. The van der Waals surface area contributed by atoms with Gasteiger partial charge in [0.1, 0.15) is 12.1 Å². The van der Waals surface area contributed by atoms with Gasteiger partial charge in [-0.15, -0.1) is 0 Å². The van der Waals surface area contributed by atoms with Gasteiger partial charge < -0.3 is 15.3 Å². The zero-order valence-electron chi connectivity index (χ0n) is 14.6. The lowest BCUT2D eigenvalue weighted by molar-refractivity contribution is 0.0254. The van der Waals surface area contributed by atoms with Crippen LogP contribution in [-0.4, -0.2) is 51.2 Å². The second-order valence-electron chi connectivity index (χ2n) is 6.59.